The molecule has 2 rings (SSSR count). The van der Waals surface area contributed by atoms with Crippen molar-refractivity contribution in [3.63, 3.8) is 0 Å². The Morgan fingerprint density at radius 1 is 1.00 bits per heavy atom. The average Bonchev–Trinajstić information content (AvgIpc) is 2.45. The van der Waals surface area contributed by atoms with E-state index in [0.29, 0.717) is 11.4 Å². The van der Waals surface area contributed by atoms with Gasteiger partial charge in [-0.25, -0.2) is 4.79 Å². The van der Waals surface area contributed by atoms with Gasteiger partial charge in [0.05, 0.1) is 11.4 Å². The van der Waals surface area contributed by atoms with Gasteiger partial charge < -0.3 is 4.84 Å². The normalized spacial score (nSPS) is 10.0. The summed E-state index contributed by atoms with van der Waals surface area (Å²) < 4.78 is 0. The highest BCUT2D eigenvalue weighted by atomic mass is 32.2. The van der Waals surface area contributed by atoms with Crippen LogP contribution in [-0.4, -0.2) is 11.8 Å². The molecule has 2 aromatic rings. The van der Waals surface area contributed by atoms with E-state index in [1.807, 2.05) is 36.4 Å². The van der Waals surface area contributed by atoms with Crippen LogP contribution in [0.4, 0.5) is 0 Å². The lowest BCUT2D eigenvalue weighted by Gasteiger charge is -2.05. The van der Waals surface area contributed by atoms with E-state index in [9.17, 15) is 4.79 Å². The Morgan fingerprint density at radius 3 is 2.28 bits per heavy atom. The van der Waals surface area contributed by atoms with Gasteiger partial charge in [0.1, 0.15) is 0 Å². The molecule has 0 heterocycles. The second-order valence-electron chi connectivity index (χ2n) is 3.50. The molecule has 0 bridgehead atoms. The molecule has 2 aromatic carbocycles. The molecule has 0 fully saturated rings. The number of hydrogen-bond donors (Lipinski definition) is 1. The van der Waals surface area contributed by atoms with E-state index in [0.717, 1.165) is 4.90 Å². The number of benzene rings is 2. The van der Waals surface area contributed by atoms with Crippen molar-refractivity contribution in [3.8, 4) is 0 Å². The number of rotatable bonds is 5. The highest BCUT2D eigenvalue weighted by molar-refractivity contribution is 7.99. The first-order chi connectivity index (χ1) is 8.86. The second kappa shape index (κ2) is 6.83. The molecule has 0 atom stereocenters. The van der Waals surface area contributed by atoms with Gasteiger partial charge in [-0.15, -0.1) is 17.2 Å². The number of hydroxylamine groups is 1. The topological polar surface area (TPSA) is 38.3 Å². The van der Waals surface area contributed by atoms with Crippen LogP contribution in [-0.2, 0) is 4.84 Å². The first kappa shape index (κ1) is 12.7. The summed E-state index contributed by atoms with van der Waals surface area (Å²) in [5, 5.41) is 0. The molecular weight excluding hydrogens is 246 g/mol. The molecular formula is C14H13NO2S. The van der Waals surface area contributed by atoms with Gasteiger partial charge in [0.2, 0.25) is 0 Å². The summed E-state index contributed by atoms with van der Waals surface area (Å²) in [6.45, 7) is 0. The van der Waals surface area contributed by atoms with Crippen LogP contribution in [0.15, 0.2) is 65.6 Å². The molecule has 0 aliphatic heterocycles. The fraction of sp³-hybridized carbons (Fsp3) is 0.0714. The highest BCUT2D eigenvalue weighted by Crippen LogP contribution is 2.15. The Labute approximate surface area is 110 Å². The van der Waals surface area contributed by atoms with Crippen molar-refractivity contribution in [2.75, 3.05) is 5.88 Å². The number of hydrogen-bond acceptors (Lipinski definition) is 4. The molecule has 1 N–H and O–H groups in total. The first-order valence-electron chi connectivity index (χ1n) is 5.53. The molecule has 0 spiro atoms. The molecule has 4 heteroatoms. The molecule has 0 amide bonds. The molecule has 0 aliphatic carbocycles. The Morgan fingerprint density at radius 2 is 1.61 bits per heavy atom. The highest BCUT2D eigenvalue weighted by Gasteiger charge is 2.05. The monoisotopic (exact) mass is 259 g/mol. The fourth-order valence-corrected chi connectivity index (χ4v) is 1.99. The molecule has 0 radical (unpaired) electrons. The summed E-state index contributed by atoms with van der Waals surface area (Å²) in [7, 11) is 0. The van der Waals surface area contributed by atoms with E-state index in [2.05, 4.69) is 5.48 Å². The van der Waals surface area contributed by atoms with E-state index >= 15 is 0 Å². The molecule has 0 saturated heterocycles. The largest absolute Gasteiger partial charge is 0.366 e. The van der Waals surface area contributed by atoms with Crippen LogP contribution < -0.4 is 5.48 Å². The number of nitrogens with one attached hydrogen (secondary N) is 1. The standard InChI is InChI=1S/C14H13NO2S/c16-14(12-7-3-1-4-8-12)17-15-11-18-13-9-5-2-6-10-13/h1-10,15H,11H2. The maximum Gasteiger partial charge on any atom is 0.356 e. The van der Waals surface area contributed by atoms with Gasteiger partial charge in [-0.05, 0) is 24.3 Å². The number of carbonyl (C=O) groups excluding carboxylic acids is 1. The third-order valence-corrected chi connectivity index (χ3v) is 3.08. The SMILES string of the molecule is O=C(ONCSc1ccccc1)c1ccccc1. The number of carbonyl (C=O) groups is 1. The van der Waals surface area contributed by atoms with Crippen LogP contribution in [0.5, 0.6) is 0 Å². The summed E-state index contributed by atoms with van der Waals surface area (Å²) in [6.07, 6.45) is 0. The van der Waals surface area contributed by atoms with Crippen LogP contribution in [0.2, 0.25) is 0 Å². The molecule has 0 aromatic heterocycles. The summed E-state index contributed by atoms with van der Waals surface area (Å²) >= 11 is 1.57. The Hall–Kier alpha value is -1.78. The fourth-order valence-electron chi connectivity index (χ4n) is 1.36. The third-order valence-electron chi connectivity index (χ3n) is 2.22. The van der Waals surface area contributed by atoms with Gasteiger partial charge >= 0.3 is 5.97 Å². The van der Waals surface area contributed by atoms with E-state index in [4.69, 9.17) is 4.84 Å². The lowest BCUT2D eigenvalue weighted by atomic mass is 10.2. The zero-order valence-corrected chi connectivity index (χ0v) is 10.5. The molecule has 3 nitrogen and oxygen atoms in total. The Bertz CT molecular complexity index is 488. The van der Waals surface area contributed by atoms with Crippen LogP contribution in [0.3, 0.4) is 0 Å². The smallest absolute Gasteiger partial charge is 0.356 e. The Kier molecular flexibility index (Phi) is 4.81. The van der Waals surface area contributed by atoms with E-state index < -0.39 is 0 Å². The Balaban J connectivity index is 1.72. The summed E-state index contributed by atoms with van der Waals surface area (Å²) in [6, 6.07) is 18.8. The quantitative estimate of drug-likeness (QED) is 0.387. The van der Waals surface area contributed by atoms with Crippen molar-refractivity contribution in [3.05, 3.63) is 66.2 Å². The predicted octanol–water partition coefficient (Wildman–Crippen LogP) is 3.10. The molecule has 18 heavy (non-hydrogen) atoms. The minimum absolute atomic E-state index is 0.371. The van der Waals surface area contributed by atoms with Crippen molar-refractivity contribution in [1.29, 1.82) is 0 Å². The first-order valence-corrected chi connectivity index (χ1v) is 6.52. The van der Waals surface area contributed by atoms with E-state index in [1.54, 1.807) is 36.0 Å². The van der Waals surface area contributed by atoms with Gasteiger partial charge in [-0.2, -0.15) is 0 Å². The molecule has 0 unspecified atom stereocenters. The molecule has 92 valence electrons. The van der Waals surface area contributed by atoms with Crippen molar-refractivity contribution in [2.24, 2.45) is 0 Å². The van der Waals surface area contributed by atoms with Gasteiger partial charge in [-0.3, -0.25) is 0 Å². The summed E-state index contributed by atoms with van der Waals surface area (Å²) in [5.74, 6) is 0.145. The van der Waals surface area contributed by atoms with Gasteiger partial charge in [-0.1, -0.05) is 36.4 Å². The zero-order valence-electron chi connectivity index (χ0n) is 9.71. The van der Waals surface area contributed by atoms with E-state index in [1.165, 1.54) is 0 Å². The summed E-state index contributed by atoms with van der Waals surface area (Å²) in [5.41, 5.74) is 3.18. The van der Waals surface area contributed by atoms with Crippen LogP contribution >= 0.6 is 11.8 Å². The van der Waals surface area contributed by atoms with Crippen LogP contribution in [0.25, 0.3) is 0 Å². The minimum Gasteiger partial charge on any atom is -0.366 e. The molecule has 0 saturated carbocycles. The maximum absolute atomic E-state index is 11.6. The van der Waals surface area contributed by atoms with Crippen LogP contribution in [0, 0.1) is 0 Å². The lowest BCUT2D eigenvalue weighted by Crippen LogP contribution is -2.19. The van der Waals surface area contributed by atoms with Crippen molar-refractivity contribution in [2.45, 2.75) is 4.90 Å². The molecule has 0 aliphatic rings. The maximum atomic E-state index is 11.6. The second-order valence-corrected chi connectivity index (χ2v) is 4.55. The minimum atomic E-state index is -0.371. The van der Waals surface area contributed by atoms with Gasteiger partial charge in [0.25, 0.3) is 0 Å². The number of thioether (sulfide) groups is 1. The average molecular weight is 259 g/mol. The zero-order chi connectivity index (χ0) is 12.6. The van der Waals surface area contributed by atoms with Gasteiger partial charge in [0, 0.05) is 4.90 Å². The predicted molar refractivity (Wildman–Crippen MR) is 72.2 cm³/mol. The van der Waals surface area contributed by atoms with Gasteiger partial charge in [0.15, 0.2) is 0 Å². The van der Waals surface area contributed by atoms with Crippen molar-refractivity contribution in [1.82, 2.24) is 5.48 Å². The third kappa shape index (κ3) is 3.91. The summed E-state index contributed by atoms with van der Waals surface area (Å²) in [4.78, 5) is 17.6. The van der Waals surface area contributed by atoms with Crippen molar-refractivity contribution >= 4 is 17.7 Å². The van der Waals surface area contributed by atoms with Crippen LogP contribution in [0.1, 0.15) is 10.4 Å². The lowest BCUT2D eigenvalue weighted by molar-refractivity contribution is 0.0297. The van der Waals surface area contributed by atoms with Crippen molar-refractivity contribution < 1.29 is 9.63 Å². The van der Waals surface area contributed by atoms with E-state index in [-0.39, 0.29) is 5.97 Å².